The maximum atomic E-state index is 11.3. The molecule has 1 saturated carbocycles. The number of hydrogen-bond acceptors (Lipinski definition) is 2. The highest BCUT2D eigenvalue weighted by atomic mass is 16.3. The van der Waals surface area contributed by atoms with Crippen LogP contribution >= 0.6 is 0 Å². The number of carbonyl (C=O) groups excluding carboxylic acids is 1. The normalized spacial score (nSPS) is 32.9. The number of rotatable bonds is 2. The molecule has 1 aliphatic rings. The van der Waals surface area contributed by atoms with Gasteiger partial charge in [0, 0.05) is 12.8 Å². The van der Waals surface area contributed by atoms with Crippen molar-refractivity contribution in [2.75, 3.05) is 0 Å². The number of Topliss-reactive ketones (excluding diaryl/α,β-unsaturated/α-hetero) is 1. The van der Waals surface area contributed by atoms with Gasteiger partial charge in [-0.1, -0.05) is 34.1 Å². The molecule has 1 rings (SSSR count). The molecule has 0 heterocycles. The average molecular weight is 214 g/mol. The molecule has 2 heteroatoms. The van der Waals surface area contributed by atoms with Crippen LogP contribution in [0.15, 0.2) is 0 Å². The Morgan fingerprint density at radius 1 is 1.53 bits per heavy atom. The molecule has 0 spiro atoms. The highest BCUT2D eigenvalue weighted by Crippen LogP contribution is 2.43. The maximum absolute atomic E-state index is 11.3. The number of hydrogen-bond donors (Lipinski definition) is 1. The summed E-state index contributed by atoms with van der Waals surface area (Å²) in [5, 5.41) is 9.71. The predicted molar refractivity (Wildman–Crippen MR) is 63.8 cm³/mol. The fourth-order valence-corrected chi connectivity index (χ4v) is 2.38. The molecule has 15 heavy (non-hydrogen) atoms. The van der Waals surface area contributed by atoms with E-state index in [1.54, 1.807) is 0 Å². The van der Waals surface area contributed by atoms with Gasteiger partial charge < -0.3 is 5.11 Å². The van der Waals surface area contributed by atoms with E-state index in [2.05, 4.69) is 13.8 Å². The van der Waals surface area contributed by atoms with Crippen molar-refractivity contribution in [1.82, 2.24) is 0 Å². The van der Waals surface area contributed by atoms with Crippen LogP contribution in [0.5, 0.6) is 0 Å². The van der Waals surface area contributed by atoms with E-state index in [1.807, 2.05) is 20.8 Å². The maximum Gasteiger partial charge on any atom is 0.133 e. The van der Waals surface area contributed by atoms with Crippen LogP contribution in [0, 0.1) is 11.3 Å². The first-order valence-corrected chi connectivity index (χ1v) is 6.20. The summed E-state index contributed by atoms with van der Waals surface area (Å²) < 4.78 is 0. The second kappa shape index (κ2) is 6.26. The summed E-state index contributed by atoms with van der Waals surface area (Å²) in [6.07, 6.45) is 2.86. The molecule has 0 aromatic carbocycles. The predicted octanol–water partition coefficient (Wildman–Crippen LogP) is 3.18. The number of aliphatic hydroxyl groups excluding tert-OH is 1. The Hall–Kier alpha value is -0.370. The average Bonchev–Trinajstić information content (AvgIpc) is 2.24. The molecule has 0 amide bonds. The van der Waals surface area contributed by atoms with Gasteiger partial charge in [-0.3, -0.25) is 4.79 Å². The topological polar surface area (TPSA) is 37.3 Å². The largest absolute Gasteiger partial charge is 0.393 e. The molecule has 0 aliphatic heterocycles. The zero-order valence-corrected chi connectivity index (χ0v) is 10.8. The van der Waals surface area contributed by atoms with Crippen molar-refractivity contribution in [1.29, 1.82) is 0 Å². The Morgan fingerprint density at radius 2 is 2.07 bits per heavy atom. The van der Waals surface area contributed by atoms with E-state index in [4.69, 9.17) is 0 Å². The third-order valence-corrected chi connectivity index (χ3v) is 3.80. The minimum absolute atomic E-state index is 0.0390. The van der Waals surface area contributed by atoms with Crippen molar-refractivity contribution < 1.29 is 9.90 Å². The molecule has 1 N–H and O–H groups in total. The SMILES string of the molecule is CC.CCC1CC(=O)CCC1(C)C(C)O. The third-order valence-electron chi connectivity index (χ3n) is 3.80. The van der Waals surface area contributed by atoms with E-state index >= 15 is 0 Å². The van der Waals surface area contributed by atoms with E-state index in [9.17, 15) is 9.90 Å². The van der Waals surface area contributed by atoms with Crippen molar-refractivity contribution in [3.8, 4) is 0 Å². The van der Waals surface area contributed by atoms with Gasteiger partial charge in [-0.25, -0.2) is 0 Å². The minimum Gasteiger partial charge on any atom is -0.393 e. The molecular weight excluding hydrogens is 188 g/mol. The van der Waals surface area contributed by atoms with Crippen LogP contribution in [-0.2, 0) is 4.79 Å². The van der Waals surface area contributed by atoms with Crippen LogP contribution in [0.2, 0.25) is 0 Å². The Balaban J connectivity index is 0.000000921. The Morgan fingerprint density at radius 3 is 2.47 bits per heavy atom. The van der Waals surface area contributed by atoms with Gasteiger partial charge in [0.05, 0.1) is 6.10 Å². The van der Waals surface area contributed by atoms with Gasteiger partial charge in [-0.15, -0.1) is 0 Å². The lowest BCUT2D eigenvalue weighted by atomic mass is 9.63. The van der Waals surface area contributed by atoms with Gasteiger partial charge in [-0.2, -0.15) is 0 Å². The van der Waals surface area contributed by atoms with Crippen LogP contribution in [0.4, 0.5) is 0 Å². The molecule has 0 radical (unpaired) electrons. The molecular formula is C13H26O2. The second-order valence-electron chi connectivity index (χ2n) is 4.53. The summed E-state index contributed by atoms with van der Waals surface area (Å²) in [5.41, 5.74) is -0.0390. The van der Waals surface area contributed by atoms with Crippen LogP contribution in [0.1, 0.15) is 60.3 Å². The van der Waals surface area contributed by atoms with Crippen molar-refractivity contribution >= 4 is 5.78 Å². The smallest absolute Gasteiger partial charge is 0.133 e. The van der Waals surface area contributed by atoms with Crippen LogP contribution in [-0.4, -0.2) is 17.0 Å². The second-order valence-corrected chi connectivity index (χ2v) is 4.53. The van der Waals surface area contributed by atoms with Gasteiger partial charge in [0.15, 0.2) is 0 Å². The van der Waals surface area contributed by atoms with E-state index in [0.717, 1.165) is 12.8 Å². The molecule has 1 fully saturated rings. The molecule has 0 saturated heterocycles. The van der Waals surface area contributed by atoms with Crippen molar-refractivity contribution in [2.45, 2.75) is 66.4 Å². The van der Waals surface area contributed by atoms with Crippen LogP contribution in [0.25, 0.3) is 0 Å². The first-order chi connectivity index (χ1) is 7.00. The van der Waals surface area contributed by atoms with Crippen molar-refractivity contribution in [3.63, 3.8) is 0 Å². The van der Waals surface area contributed by atoms with Gasteiger partial charge in [0.25, 0.3) is 0 Å². The molecule has 1 aliphatic carbocycles. The minimum atomic E-state index is -0.300. The highest BCUT2D eigenvalue weighted by molar-refractivity contribution is 5.79. The Bertz CT molecular complexity index is 199. The monoisotopic (exact) mass is 214 g/mol. The molecule has 0 aromatic rings. The summed E-state index contributed by atoms with van der Waals surface area (Å²) >= 11 is 0. The molecule has 0 bridgehead atoms. The molecule has 0 aromatic heterocycles. The summed E-state index contributed by atoms with van der Waals surface area (Å²) in [6.45, 7) is 10.1. The Labute approximate surface area is 94.1 Å². The summed E-state index contributed by atoms with van der Waals surface area (Å²) in [6, 6.07) is 0. The lowest BCUT2D eigenvalue weighted by molar-refractivity contribution is -0.128. The fraction of sp³-hybridized carbons (Fsp3) is 0.923. The van der Waals surface area contributed by atoms with E-state index in [0.29, 0.717) is 24.5 Å². The van der Waals surface area contributed by atoms with Crippen LogP contribution in [0.3, 0.4) is 0 Å². The molecule has 90 valence electrons. The summed E-state index contributed by atoms with van der Waals surface area (Å²) in [7, 11) is 0. The van der Waals surface area contributed by atoms with Crippen LogP contribution < -0.4 is 0 Å². The quantitative estimate of drug-likeness (QED) is 0.766. The number of aliphatic hydroxyl groups is 1. The Kier molecular flexibility index (Phi) is 6.11. The fourth-order valence-electron chi connectivity index (χ4n) is 2.38. The molecule has 3 unspecified atom stereocenters. The van der Waals surface area contributed by atoms with E-state index in [1.165, 1.54) is 0 Å². The first kappa shape index (κ1) is 14.6. The summed E-state index contributed by atoms with van der Waals surface area (Å²) in [4.78, 5) is 11.3. The van der Waals surface area contributed by atoms with Crippen molar-refractivity contribution in [3.05, 3.63) is 0 Å². The van der Waals surface area contributed by atoms with Crippen molar-refractivity contribution in [2.24, 2.45) is 11.3 Å². The zero-order chi connectivity index (χ0) is 12.1. The third kappa shape index (κ3) is 3.30. The highest BCUT2D eigenvalue weighted by Gasteiger charge is 2.41. The number of carbonyl (C=O) groups is 1. The van der Waals surface area contributed by atoms with E-state index in [-0.39, 0.29) is 11.5 Å². The standard InChI is InChI=1S/C11H20O2.C2H6/c1-4-9-7-10(13)5-6-11(9,3)8(2)12;1-2/h8-9,12H,4-7H2,1-3H3;1-2H3. The van der Waals surface area contributed by atoms with Gasteiger partial charge in [-0.05, 0) is 24.7 Å². The summed E-state index contributed by atoms with van der Waals surface area (Å²) in [5.74, 6) is 0.735. The number of ketones is 1. The molecule has 3 atom stereocenters. The van der Waals surface area contributed by atoms with Gasteiger partial charge >= 0.3 is 0 Å². The zero-order valence-electron chi connectivity index (χ0n) is 10.8. The van der Waals surface area contributed by atoms with Gasteiger partial charge in [0.2, 0.25) is 0 Å². The first-order valence-electron chi connectivity index (χ1n) is 6.20. The van der Waals surface area contributed by atoms with E-state index < -0.39 is 0 Å². The van der Waals surface area contributed by atoms with Gasteiger partial charge in [0.1, 0.15) is 5.78 Å². The lowest BCUT2D eigenvalue weighted by Crippen LogP contribution is -2.42. The molecule has 2 nitrogen and oxygen atoms in total. The lowest BCUT2D eigenvalue weighted by Gasteiger charge is -2.42.